The van der Waals surface area contributed by atoms with Crippen LogP contribution in [0.1, 0.15) is 39.8 Å². The number of nitrogens with zero attached hydrogens (tertiary/aromatic N) is 3. The molecule has 0 aliphatic carbocycles. The number of aliphatic carboxylic acids is 1. The van der Waals surface area contributed by atoms with E-state index in [0.29, 0.717) is 41.2 Å². The van der Waals surface area contributed by atoms with Gasteiger partial charge in [0.2, 0.25) is 0 Å². The average Bonchev–Trinajstić information content (AvgIpc) is 3.27. The van der Waals surface area contributed by atoms with Gasteiger partial charge in [-0.3, -0.25) is 4.99 Å². The second kappa shape index (κ2) is 12.4. The van der Waals surface area contributed by atoms with E-state index in [9.17, 15) is 19.1 Å². The first-order valence-electron chi connectivity index (χ1n) is 12.4. The van der Waals surface area contributed by atoms with Crippen molar-refractivity contribution in [1.82, 2.24) is 14.7 Å². The van der Waals surface area contributed by atoms with Gasteiger partial charge in [0.25, 0.3) is 0 Å². The van der Waals surface area contributed by atoms with Gasteiger partial charge >= 0.3 is 12.1 Å². The summed E-state index contributed by atoms with van der Waals surface area (Å²) in [6.07, 6.45) is 3.79. The maximum absolute atomic E-state index is 14.2. The summed E-state index contributed by atoms with van der Waals surface area (Å²) in [4.78, 5) is 31.8. The van der Waals surface area contributed by atoms with E-state index in [-0.39, 0.29) is 18.7 Å². The first-order chi connectivity index (χ1) is 18.4. The Balaban J connectivity index is 1.81. The first-order valence-corrected chi connectivity index (χ1v) is 12.4. The lowest BCUT2D eigenvalue weighted by Crippen LogP contribution is -2.33. The van der Waals surface area contributed by atoms with E-state index in [1.807, 2.05) is 22.7 Å². The molecule has 0 aliphatic rings. The summed E-state index contributed by atoms with van der Waals surface area (Å²) in [5, 5.41) is 12.0. The zero-order chi connectivity index (χ0) is 28.7. The average molecular weight is 540 g/mol. The van der Waals surface area contributed by atoms with Crippen molar-refractivity contribution in [3.8, 4) is 16.9 Å². The highest BCUT2D eigenvalue weighted by molar-refractivity contribution is 6.04. The van der Waals surface area contributed by atoms with Crippen LogP contribution in [-0.4, -0.2) is 58.1 Å². The molecule has 11 heteroatoms. The Labute approximate surface area is 226 Å². The van der Waals surface area contributed by atoms with Crippen LogP contribution in [0.4, 0.5) is 9.18 Å². The largest absolute Gasteiger partial charge is 0.492 e. The van der Waals surface area contributed by atoms with Crippen LogP contribution in [0.2, 0.25) is 0 Å². The standard InChI is InChI=1S/C28H34FN5O5/c1-17(31-5)21(25(30)26(35)36)11-13-38-23-14-19(29)7-8-22(23)18-6-9-24-33-15-20(34(24)16-18)10-12-32-27(37)39-28(2,3)4/h6-9,14-16H,10-13,30H2,1-5H3,(H,32,37)(H,35,36)/b25-21-,31-17?. The SMILES string of the molecule is CN=C(C)/C(CCOc1cc(F)ccc1-c1ccc2ncc(CCNC(=O)OC(C)(C)C)n2c1)=C(\N)C(=O)O. The summed E-state index contributed by atoms with van der Waals surface area (Å²) < 4.78 is 27.3. The van der Waals surface area contributed by atoms with Crippen LogP contribution in [0.15, 0.2) is 59.0 Å². The molecule has 1 aromatic carbocycles. The highest BCUT2D eigenvalue weighted by Crippen LogP contribution is 2.32. The van der Waals surface area contributed by atoms with E-state index in [4.69, 9.17) is 15.2 Å². The molecule has 39 heavy (non-hydrogen) atoms. The molecule has 208 valence electrons. The number of halogens is 1. The number of imidazole rings is 1. The van der Waals surface area contributed by atoms with Crippen LogP contribution in [0.5, 0.6) is 5.75 Å². The number of carbonyl (C=O) groups is 2. The van der Waals surface area contributed by atoms with Crippen LogP contribution >= 0.6 is 0 Å². The van der Waals surface area contributed by atoms with Crippen molar-refractivity contribution in [2.75, 3.05) is 20.2 Å². The molecule has 0 fully saturated rings. The van der Waals surface area contributed by atoms with E-state index in [0.717, 1.165) is 11.3 Å². The van der Waals surface area contributed by atoms with E-state index in [2.05, 4.69) is 15.3 Å². The third kappa shape index (κ3) is 7.79. The minimum Gasteiger partial charge on any atom is -0.492 e. The Morgan fingerprint density at radius 3 is 2.64 bits per heavy atom. The third-order valence-electron chi connectivity index (χ3n) is 5.82. The molecule has 0 atom stereocenters. The molecule has 0 radical (unpaired) electrons. The second-order valence-corrected chi connectivity index (χ2v) is 9.82. The highest BCUT2D eigenvalue weighted by atomic mass is 19.1. The van der Waals surface area contributed by atoms with E-state index in [1.165, 1.54) is 12.1 Å². The van der Waals surface area contributed by atoms with Gasteiger partial charge in [-0.1, -0.05) is 0 Å². The molecule has 10 nitrogen and oxygen atoms in total. The lowest BCUT2D eigenvalue weighted by atomic mass is 10.1. The van der Waals surface area contributed by atoms with Crippen molar-refractivity contribution in [2.45, 2.75) is 46.1 Å². The minimum atomic E-state index is -1.25. The zero-order valence-electron chi connectivity index (χ0n) is 22.7. The number of carbonyl (C=O) groups excluding carboxylic acids is 1. The Hall–Kier alpha value is -4.41. The van der Waals surface area contributed by atoms with Crippen LogP contribution in [-0.2, 0) is 16.0 Å². The Kier molecular flexibility index (Phi) is 9.29. The fourth-order valence-corrected chi connectivity index (χ4v) is 3.87. The molecule has 2 heterocycles. The quantitative estimate of drug-likeness (QED) is 0.257. The van der Waals surface area contributed by atoms with Gasteiger partial charge in [0.1, 0.15) is 28.5 Å². The van der Waals surface area contributed by atoms with Gasteiger partial charge in [0.05, 0.1) is 6.61 Å². The molecule has 0 unspecified atom stereocenters. The van der Waals surface area contributed by atoms with Crippen molar-refractivity contribution in [3.05, 3.63) is 65.5 Å². The van der Waals surface area contributed by atoms with Gasteiger partial charge in [0, 0.05) is 73.0 Å². The van der Waals surface area contributed by atoms with Crippen molar-refractivity contribution in [1.29, 1.82) is 0 Å². The number of benzene rings is 1. The van der Waals surface area contributed by atoms with E-state index >= 15 is 0 Å². The number of hydrogen-bond donors (Lipinski definition) is 3. The fraction of sp³-hybridized carbons (Fsp3) is 0.357. The molecule has 0 spiro atoms. The molecule has 3 rings (SSSR count). The Morgan fingerprint density at radius 2 is 1.97 bits per heavy atom. The zero-order valence-corrected chi connectivity index (χ0v) is 22.7. The minimum absolute atomic E-state index is 0.0571. The van der Waals surface area contributed by atoms with Gasteiger partial charge in [-0.05, 0) is 52.0 Å². The topological polar surface area (TPSA) is 141 Å². The van der Waals surface area contributed by atoms with E-state index in [1.54, 1.807) is 47.0 Å². The number of aliphatic imine (C=N–C) groups is 1. The monoisotopic (exact) mass is 539 g/mol. The molecule has 4 N–H and O–H groups in total. The molecule has 0 saturated carbocycles. The number of carboxylic acid groups (broad SMARTS) is 1. The lowest BCUT2D eigenvalue weighted by molar-refractivity contribution is -0.132. The number of aromatic nitrogens is 2. The molecule has 0 saturated heterocycles. The van der Waals surface area contributed by atoms with Crippen molar-refractivity contribution >= 4 is 23.4 Å². The molecular weight excluding hydrogens is 505 g/mol. The second-order valence-electron chi connectivity index (χ2n) is 9.82. The number of amides is 1. The van der Waals surface area contributed by atoms with Crippen molar-refractivity contribution in [2.24, 2.45) is 10.7 Å². The number of nitrogens with one attached hydrogen (secondary N) is 1. The Morgan fingerprint density at radius 1 is 1.23 bits per heavy atom. The van der Waals surface area contributed by atoms with Crippen molar-refractivity contribution < 1.29 is 28.6 Å². The maximum Gasteiger partial charge on any atom is 0.407 e. The lowest BCUT2D eigenvalue weighted by Gasteiger charge is -2.19. The smallest absolute Gasteiger partial charge is 0.407 e. The van der Waals surface area contributed by atoms with Gasteiger partial charge < -0.3 is 30.0 Å². The summed E-state index contributed by atoms with van der Waals surface area (Å²) >= 11 is 0. The summed E-state index contributed by atoms with van der Waals surface area (Å²) in [5.41, 5.74) is 8.66. The van der Waals surface area contributed by atoms with Crippen LogP contribution in [0.3, 0.4) is 0 Å². The maximum atomic E-state index is 14.2. The predicted molar refractivity (Wildman–Crippen MR) is 147 cm³/mol. The molecule has 1 amide bonds. The van der Waals surface area contributed by atoms with Crippen LogP contribution in [0, 0.1) is 5.82 Å². The third-order valence-corrected chi connectivity index (χ3v) is 5.82. The van der Waals surface area contributed by atoms with Gasteiger partial charge in [-0.15, -0.1) is 0 Å². The summed E-state index contributed by atoms with van der Waals surface area (Å²) in [7, 11) is 1.55. The number of rotatable bonds is 10. The molecule has 3 aromatic rings. The number of nitrogens with two attached hydrogens (primary N) is 1. The number of alkyl carbamates (subject to hydrolysis) is 1. The summed E-state index contributed by atoms with van der Waals surface area (Å²) in [6.45, 7) is 7.48. The molecule has 0 aliphatic heterocycles. The molecular formula is C28H34FN5O5. The van der Waals surface area contributed by atoms with Crippen molar-refractivity contribution in [3.63, 3.8) is 0 Å². The molecule has 2 aromatic heterocycles. The van der Waals surface area contributed by atoms with Crippen LogP contribution < -0.4 is 15.8 Å². The molecule has 0 bridgehead atoms. The summed E-state index contributed by atoms with van der Waals surface area (Å²) in [6, 6.07) is 7.93. The van der Waals surface area contributed by atoms with E-state index < -0.39 is 23.5 Å². The highest BCUT2D eigenvalue weighted by Gasteiger charge is 2.17. The number of ether oxygens (including phenoxy) is 2. The van der Waals surface area contributed by atoms with Gasteiger partial charge in [0.15, 0.2) is 0 Å². The first kappa shape index (κ1) is 29.2. The Bertz CT molecular complexity index is 1420. The van der Waals surface area contributed by atoms with Gasteiger partial charge in [-0.25, -0.2) is 19.0 Å². The van der Waals surface area contributed by atoms with Gasteiger partial charge in [-0.2, -0.15) is 0 Å². The number of hydrogen-bond acceptors (Lipinski definition) is 7. The fourth-order valence-electron chi connectivity index (χ4n) is 3.87. The summed E-state index contributed by atoms with van der Waals surface area (Å²) in [5.74, 6) is -1.43. The van der Waals surface area contributed by atoms with Crippen LogP contribution in [0.25, 0.3) is 16.8 Å². The normalized spacial score (nSPS) is 12.7. The predicted octanol–water partition coefficient (Wildman–Crippen LogP) is 4.36. The number of fused-ring (bicyclic) bond motifs is 1. The number of pyridine rings is 1. The number of carboxylic acids is 1.